The summed E-state index contributed by atoms with van der Waals surface area (Å²) >= 11 is 1.95. The second-order valence-electron chi connectivity index (χ2n) is 5.55. The van der Waals surface area contributed by atoms with Crippen molar-refractivity contribution in [3.8, 4) is 0 Å². The average Bonchev–Trinajstić information content (AvgIpc) is 2.55. The molecule has 0 aromatic heterocycles. The largest absolute Gasteiger partial charge is 0.299 e. The molecule has 0 aliphatic carbocycles. The molecule has 0 bridgehead atoms. The molecular weight excluding hydrogens is 276 g/mol. The smallest absolute Gasteiger partial charge is 0.138 e. The van der Waals surface area contributed by atoms with Crippen LogP contribution in [0.2, 0.25) is 0 Å². The lowest BCUT2D eigenvalue weighted by Gasteiger charge is -2.35. The van der Waals surface area contributed by atoms with Crippen LogP contribution >= 0.6 is 11.8 Å². The average molecular weight is 296 g/mol. The third-order valence-corrected chi connectivity index (χ3v) is 5.88. The first-order valence-electron chi connectivity index (χ1n) is 7.57. The van der Waals surface area contributed by atoms with Crippen LogP contribution < -0.4 is 0 Å². The summed E-state index contributed by atoms with van der Waals surface area (Å²) in [7, 11) is 0. The molecule has 2 aromatic carbocycles. The van der Waals surface area contributed by atoms with Crippen LogP contribution in [-0.4, -0.2) is 5.78 Å². The second kappa shape index (κ2) is 6.48. The number of ketones is 1. The van der Waals surface area contributed by atoms with Gasteiger partial charge in [0.2, 0.25) is 0 Å². The van der Waals surface area contributed by atoms with E-state index in [1.165, 1.54) is 11.1 Å². The first-order chi connectivity index (χ1) is 10.3. The summed E-state index contributed by atoms with van der Waals surface area (Å²) in [4.78, 5) is 12.6. The molecular formula is C19H20OS. The van der Waals surface area contributed by atoms with Crippen LogP contribution in [0.5, 0.6) is 0 Å². The third-order valence-electron chi connectivity index (χ3n) is 4.22. The Morgan fingerprint density at radius 1 is 0.952 bits per heavy atom. The zero-order valence-electron chi connectivity index (χ0n) is 12.2. The first kappa shape index (κ1) is 14.4. The lowest BCUT2D eigenvalue weighted by Crippen LogP contribution is -2.27. The fraction of sp³-hybridized carbons (Fsp3) is 0.316. The summed E-state index contributed by atoms with van der Waals surface area (Å²) in [5.41, 5.74) is 2.55. The molecule has 0 amide bonds. The van der Waals surface area contributed by atoms with Crippen molar-refractivity contribution < 1.29 is 4.79 Å². The maximum Gasteiger partial charge on any atom is 0.138 e. The molecule has 1 aliphatic rings. The van der Waals surface area contributed by atoms with Crippen molar-refractivity contribution >= 4 is 17.5 Å². The van der Waals surface area contributed by atoms with Crippen LogP contribution in [0.25, 0.3) is 0 Å². The topological polar surface area (TPSA) is 17.1 Å². The van der Waals surface area contributed by atoms with Gasteiger partial charge in [-0.05, 0) is 17.5 Å². The van der Waals surface area contributed by atoms with Gasteiger partial charge in [0, 0.05) is 22.8 Å². The van der Waals surface area contributed by atoms with Gasteiger partial charge < -0.3 is 0 Å². The highest BCUT2D eigenvalue weighted by atomic mass is 32.2. The van der Waals surface area contributed by atoms with Gasteiger partial charge in [-0.1, -0.05) is 67.6 Å². The summed E-state index contributed by atoms with van der Waals surface area (Å²) in [5, 5.41) is 0.564. The quantitative estimate of drug-likeness (QED) is 0.774. The number of thioether (sulfide) groups is 1. The molecule has 0 spiro atoms. The molecule has 1 nitrogen and oxygen atoms in total. The van der Waals surface area contributed by atoms with E-state index in [-0.39, 0.29) is 16.4 Å². The number of Topliss-reactive ketones (excluding diaryl/α,β-unsaturated/α-hetero) is 1. The molecule has 3 atom stereocenters. The highest BCUT2D eigenvalue weighted by Gasteiger charge is 2.37. The van der Waals surface area contributed by atoms with Gasteiger partial charge in [0.15, 0.2) is 0 Å². The van der Waals surface area contributed by atoms with Gasteiger partial charge in [-0.2, -0.15) is 0 Å². The SMILES string of the molecule is CC[C@H]1C(=O)C[C@H](c2ccccc2)S[C@H]1c1ccccc1. The maximum atomic E-state index is 12.6. The Balaban J connectivity index is 1.91. The van der Waals surface area contributed by atoms with Gasteiger partial charge in [0.25, 0.3) is 0 Å². The number of hydrogen-bond donors (Lipinski definition) is 0. The molecule has 0 unspecified atom stereocenters. The van der Waals surface area contributed by atoms with E-state index < -0.39 is 0 Å². The van der Waals surface area contributed by atoms with Gasteiger partial charge in [0.1, 0.15) is 5.78 Å². The highest BCUT2D eigenvalue weighted by molar-refractivity contribution is 7.99. The van der Waals surface area contributed by atoms with Crippen molar-refractivity contribution in [1.29, 1.82) is 0 Å². The van der Waals surface area contributed by atoms with E-state index in [1.54, 1.807) is 0 Å². The summed E-state index contributed by atoms with van der Waals surface area (Å²) in [5.74, 6) is 0.566. The lowest BCUT2D eigenvalue weighted by atomic mass is 9.88. The molecule has 1 fully saturated rings. The number of carbonyl (C=O) groups is 1. The van der Waals surface area contributed by atoms with E-state index >= 15 is 0 Å². The molecule has 2 aromatic rings. The molecule has 3 rings (SSSR count). The van der Waals surface area contributed by atoms with E-state index in [0.717, 1.165) is 6.42 Å². The van der Waals surface area contributed by atoms with Gasteiger partial charge in [-0.25, -0.2) is 0 Å². The predicted octanol–water partition coefficient (Wildman–Crippen LogP) is 5.20. The van der Waals surface area contributed by atoms with Gasteiger partial charge in [-0.3, -0.25) is 4.79 Å². The van der Waals surface area contributed by atoms with E-state index in [4.69, 9.17) is 0 Å². The van der Waals surface area contributed by atoms with E-state index in [0.29, 0.717) is 12.2 Å². The number of hydrogen-bond acceptors (Lipinski definition) is 2. The molecule has 0 N–H and O–H groups in total. The maximum absolute atomic E-state index is 12.6. The van der Waals surface area contributed by atoms with Crippen molar-refractivity contribution in [2.45, 2.75) is 30.3 Å². The summed E-state index contributed by atoms with van der Waals surface area (Å²) < 4.78 is 0. The Kier molecular flexibility index (Phi) is 4.45. The number of benzene rings is 2. The Morgan fingerprint density at radius 3 is 2.10 bits per heavy atom. The number of carbonyl (C=O) groups excluding carboxylic acids is 1. The Labute approximate surface area is 130 Å². The van der Waals surface area contributed by atoms with E-state index in [1.807, 2.05) is 23.9 Å². The van der Waals surface area contributed by atoms with Gasteiger partial charge in [0.05, 0.1) is 0 Å². The zero-order chi connectivity index (χ0) is 14.7. The first-order valence-corrected chi connectivity index (χ1v) is 8.52. The minimum Gasteiger partial charge on any atom is -0.299 e. The van der Waals surface area contributed by atoms with Crippen molar-refractivity contribution in [2.24, 2.45) is 5.92 Å². The summed E-state index contributed by atoms with van der Waals surface area (Å²) in [6, 6.07) is 20.9. The minimum absolute atomic E-state index is 0.150. The van der Waals surface area contributed by atoms with Crippen LogP contribution in [-0.2, 0) is 4.79 Å². The van der Waals surface area contributed by atoms with Crippen molar-refractivity contribution in [1.82, 2.24) is 0 Å². The molecule has 1 heterocycles. The molecule has 21 heavy (non-hydrogen) atoms. The molecule has 0 saturated carbocycles. The summed E-state index contributed by atoms with van der Waals surface area (Å²) in [6.07, 6.45) is 1.59. The van der Waals surface area contributed by atoms with Crippen LogP contribution in [0, 0.1) is 5.92 Å². The molecule has 1 saturated heterocycles. The minimum atomic E-state index is 0.150. The predicted molar refractivity (Wildman–Crippen MR) is 89.4 cm³/mol. The van der Waals surface area contributed by atoms with Crippen LogP contribution in [0.15, 0.2) is 60.7 Å². The fourth-order valence-corrected chi connectivity index (χ4v) is 4.86. The van der Waals surface area contributed by atoms with E-state index in [9.17, 15) is 4.79 Å². The lowest BCUT2D eigenvalue weighted by molar-refractivity contribution is -0.123. The second-order valence-corrected chi connectivity index (χ2v) is 6.90. The molecule has 2 heteroatoms. The third kappa shape index (κ3) is 3.06. The Hall–Kier alpha value is -1.54. The molecule has 1 aliphatic heterocycles. The number of rotatable bonds is 3. The van der Waals surface area contributed by atoms with E-state index in [2.05, 4.69) is 55.5 Å². The molecule has 0 radical (unpaired) electrons. The molecule has 108 valence electrons. The Morgan fingerprint density at radius 2 is 1.52 bits per heavy atom. The van der Waals surface area contributed by atoms with Gasteiger partial charge in [-0.15, -0.1) is 11.8 Å². The van der Waals surface area contributed by atoms with Crippen LogP contribution in [0.1, 0.15) is 41.4 Å². The van der Waals surface area contributed by atoms with Crippen LogP contribution in [0.3, 0.4) is 0 Å². The van der Waals surface area contributed by atoms with Crippen molar-refractivity contribution in [3.05, 3.63) is 71.8 Å². The van der Waals surface area contributed by atoms with Gasteiger partial charge >= 0.3 is 0 Å². The fourth-order valence-electron chi connectivity index (χ4n) is 3.08. The Bertz CT molecular complexity index is 593. The normalized spacial score (nSPS) is 25.8. The highest BCUT2D eigenvalue weighted by Crippen LogP contribution is 2.52. The summed E-state index contributed by atoms with van der Waals surface area (Å²) in [6.45, 7) is 2.13. The van der Waals surface area contributed by atoms with Crippen molar-refractivity contribution in [3.63, 3.8) is 0 Å². The zero-order valence-corrected chi connectivity index (χ0v) is 13.1. The monoisotopic (exact) mass is 296 g/mol. The standard InChI is InChI=1S/C19H20OS/c1-2-16-17(20)13-18(14-9-5-3-6-10-14)21-19(16)15-11-7-4-8-12-15/h3-12,16,18-19H,2,13H2,1H3/t16-,18+,19-/m0/s1. The van der Waals surface area contributed by atoms with Crippen molar-refractivity contribution in [2.75, 3.05) is 0 Å². The van der Waals surface area contributed by atoms with Crippen LogP contribution in [0.4, 0.5) is 0 Å².